The van der Waals surface area contributed by atoms with Crippen molar-refractivity contribution in [3.8, 4) is 0 Å². The molecular weight excluding hydrogens is 296 g/mol. The van der Waals surface area contributed by atoms with E-state index in [1.807, 2.05) is 17.5 Å². The Morgan fingerprint density at radius 2 is 2.10 bits per heavy atom. The second-order valence-corrected chi connectivity index (χ2v) is 7.90. The summed E-state index contributed by atoms with van der Waals surface area (Å²) in [6.07, 6.45) is 3.08. The van der Waals surface area contributed by atoms with Crippen LogP contribution in [0.2, 0.25) is 0 Å². The fourth-order valence-corrected chi connectivity index (χ4v) is 4.39. The minimum Gasteiger partial charge on any atom is -0.307 e. The molecule has 0 aromatic carbocycles. The third-order valence-electron chi connectivity index (χ3n) is 3.66. The summed E-state index contributed by atoms with van der Waals surface area (Å²) >= 11 is 3.65. The van der Waals surface area contributed by atoms with Crippen LogP contribution in [0.1, 0.15) is 35.2 Å². The lowest BCUT2D eigenvalue weighted by atomic mass is 10.1. The van der Waals surface area contributed by atoms with Gasteiger partial charge in [0.05, 0.1) is 10.2 Å². The lowest BCUT2D eigenvalue weighted by Crippen LogP contribution is -2.30. The Morgan fingerprint density at radius 3 is 2.86 bits per heavy atom. The predicted molar refractivity (Wildman–Crippen MR) is 93.4 cm³/mol. The summed E-state index contributed by atoms with van der Waals surface area (Å²) in [5.74, 6) is 0. The molecule has 2 nitrogen and oxygen atoms in total. The SMILES string of the molecule is Cc1ccc(CC(C)NC(C)c2cnc3ccsc3c2)s1. The number of nitrogens with zero attached hydrogens (tertiary/aromatic N) is 1. The number of pyridine rings is 1. The summed E-state index contributed by atoms with van der Waals surface area (Å²) < 4.78 is 1.27. The van der Waals surface area contributed by atoms with E-state index in [1.54, 1.807) is 11.3 Å². The largest absolute Gasteiger partial charge is 0.307 e. The molecule has 3 heterocycles. The van der Waals surface area contributed by atoms with Crippen molar-refractivity contribution >= 4 is 32.9 Å². The van der Waals surface area contributed by atoms with Crippen LogP contribution in [0, 0.1) is 6.92 Å². The van der Waals surface area contributed by atoms with Gasteiger partial charge in [0.25, 0.3) is 0 Å². The summed E-state index contributed by atoms with van der Waals surface area (Å²) in [5, 5.41) is 5.78. The van der Waals surface area contributed by atoms with Crippen LogP contribution in [0.25, 0.3) is 10.2 Å². The van der Waals surface area contributed by atoms with E-state index in [-0.39, 0.29) is 0 Å². The van der Waals surface area contributed by atoms with Crippen molar-refractivity contribution in [2.75, 3.05) is 0 Å². The number of fused-ring (bicyclic) bond motifs is 1. The zero-order chi connectivity index (χ0) is 14.8. The molecule has 3 rings (SSSR count). The van der Waals surface area contributed by atoms with Gasteiger partial charge in [-0.1, -0.05) is 0 Å². The number of aryl methyl sites for hydroxylation is 1. The van der Waals surface area contributed by atoms with Crippen LogP contribution in [0.4, 0.5) is 0 Å². The van der Waals surface area contributed by atoms with Crippen molar-refractivity contribution in [2.24, 2.45) is 0 Å². The Hall–Kier alpha value is -1.23. The molecule has 0 bridgehead atoms. The van der Waals surface area contributed by atoms with E-state index in [0.29, 0.717) is 12.1 Å². The normalized spacial score (nSPS) is 14.4. The molecule has 0 aliphatic carbocycles. The first-order chi connectivity index (χ1) is 10.1. The molecule has 0 aliphatic rings. The van der Waals surface area contributed by atoms with Gasteiger partial charge in [-0.3, -0.25) is 4.98 Å². The van der Waals surface area contributed by atoms with E-state index < -0.39 is 0 Å². The Kier molecular flexibility index (Phi) is 4.38. The smallest absolute Gasteiger partial charge is 0.0809 e. The van der Waals surface area contributed by atoms with Crippen molar-refractivity contribution in [2.45, 2.75) is 39.3 Å². The maximum Gasteiger partial charge on any atom is 0.0809 e. The van der Waals surface area contributed by atoms with Crippen molar-refractivity contribution in [1.29, 1.82) is 0 Å². The number of aromatic nitrogens is 1. The van der Waals surface area contributed by atoms with E-state index in [2.05, 4.69) is 60.7 Å². The maximum atomic E-state index is 4.53. The standard InChI is InChI=1S/C17H20N2S2/c1-11(8-15-5-4-12(2)21-15)19-13(3)14-9-17-16(18-10-14)6-7-20-17/h4-7,9-11,13,19H,8H2,1-3H3. The van der Waals surface area contributed by atoms with Gasteiger partial charge in [0.1, 0.15) is 0 Å². The van der Waals surface area contributed by atoms with Crippen LogP contribution in [0.15, 0.2) is 35.8 Å². The van der Waals surface area contributed by atoms with Crippen LogP contribution in [-0.4, -0.2) is 11.0 Å². The monoisotopic (exact) mass is 316 g/mol. The zero-order valence-electron chi connectivity index (χ0n) is 12.6. The van der Waals surface area contributed by atoms with Crippen LogP contribution >= 0.6 is 22.7 Å². The fraction of sp³-hybridized carbons (Fsp3) is 0.353. The van der Waals surface area contributed by atoms with Crippen molar-refractivity contribution in [3.05, 3.63) is 51.2 Å². The van der Waals surface area contributed by atoms with Gasteiger partial charge in [0, 0.05) is 28.0 Å². The molecule has 1 N–H and O–H groups in total. The molecule has 0 aliphatic heterocycles. The number of nitrogens with one attached hydrogen (secondary N) is 1. The molecule has 3 aromatic rings. The molecule has 0 saturated carbocycles. The van der Waals surface area contributed by atoms with E-state index in [1.165, 1.54) is 20.0 Å². The Labute approximate surface area is 133 Å². The average molecular weight is 316 g/mol. The van der Waals surface area contributed by atoms with E-state index in [9.17, 15) is 0 Å². The second kappa shape index (κ2) is 6.26. The van der Waals surface area contributed by atoms with E-state index in [0.717, 1.165) is 11.9 Å². The van der Waals surface area contributed by atoms with Gasteiger partial charge in [-0.25, -0.2) is 0 Å². The molecule has 2 unspecified atom stereocenters. The Morgan fingerprint density at radius 1 is 1.24 bits per heavy atom. The summed E-state index contributed by atoms with van der Waals surface area (Å²) in [4.78, 5) is 7.37. The Balaban J connectivity index is 1.65. The van der Waals surface area contributed by atoms with Crippen LogP contribution in [-0.2, 0) is 6.42 Å². The highest BCUT2D eigenvalue weighted by Gasteiger charge is 2.12. The van der Waals surface area contributed by atoms with Crippen LogP contribution < -0.4 is 5.32 Å². The van der Waals surface area contributed by atoms with Crippen molar-refractivity contribution < 1.29 is 0 Å². The number of hydrogen-bond acceptors (Lipinski definition) is 4. The highest BCUT2D eigenvalue weighted by atomic mass is 32.1. The predicted octanol–water partition coefficient (Wildman–Crippen LogP) is 4.95. The molecule has 2 atom stereocenters. The van der Waals surface area contributed by atoms with Gasteiger partial charge in [0.2, 0.25) is 0 Å². The van der Waals surface area contributed by atoms with E-state index >= 15 is 0 Å². The lowest BCUT2D eigenvalue weighted by molar-refractivity contribution is 0.479. The topological polar surface area (TPSA) is 24.9 Å². The van der Waals surface area contributed by atoms with E-state index in [4.69, 9.17) is 0 Å². The van der Waals surface area contributed by atoms with Gasteiger partial charge >= 0.3 is 0 Å². The molecular formula is C17H20N2S2. The first-order valence-electron chi connectivity index (χ1n) is 7.26. The first-order valence-corrected chi connectivity index (χ1v) is 8.96. The quantitative estimate of drug-likeness (QED) is 0.720. The van der Waals surface area contributed by atoms with Gasteiger partial charge < -0.3 is 5.32 Å². The number of rotatable bonds is 5. The van der Waals surface area contributed by atoms with Gasteiger partial charge in [-0.15, -0.1) is 22.7 Å². The minimum absolute atomic E-state index is 0.319. The van der Waals surface area contributed by atoms with Gasteiger partial charge in [0.15, 0.2) is 0 Å². The minimum atomic E-state index is 0.319. The summed E-state index contributed by atoms with van der Waals surface area (Å²) in [6, 6.07) is 9.54. The molecule has 0 saturated heterocycles. The van der Waals surface area contributed by atoms with Gasteiger partial charge in [-0.2, -0.15) is 0 Å². The maximum absolute atomic E-state index is 4.53. The third-order valence-corrected chi connectivity index (χ3v) is 5.54. The number of thiophene rings is 2. The van der Waals surface area contributed by atoms with Crippen molar-refractivity contribution in [3.63, 3.8) is 0 Å². The Bertz CT molecular complexity index is 729. The highest BCUT2D eigenvalue weighted by molar-refractivity contribution is 7.17. The molecule has 0 amide bonds. The second-order valence-electron chi connectivity index (χ2n) is 5.58. The first kappa shape index (κ1) is 14.7. The fourth-order valence-electron chi connectivity index (χ4n) is 2.58. The molecule has 0 fully saturated rings. The zero-order valence-corrected chi connectivity index (χ0v) is 14.2. The third kappa shape index (κ3) is 3.51. The number of hydrogen-bond donors (Lipinski definition) is 1. The molecule has 4 heteroatoms. The summed E-state index contributed by atoms with van der Waals surface area (Å²) in [5.41, 5.74) is 2.36. The molecule has 3 aromatic heterocycles. The van der Waals surface area contributed by atoms with Crippen molar-refractivity contribution in [1.82, 2.24) is 10.3 Å². The molecule has 0 spiro atoms. The van der Waals surface area contributed by atoms with Gasteiger partial charge in [-0.05, 0) is 62.4 Å². The lowest BCUT2D eigenvalue weighted by Gasteiger charge is -2.19. The molecule has 0 radical (unpaired) electrons. The summed E-state index contributed by atoms with van der Waals surface area (Å²) in [6.45, 7) is 6.63. The summed E-state index contributed by atoms with van der Waals surface area (Å²) in [7, 11) is 0. The van der Waals surface area contributed by atoms with Crippen LogP contribution in [0.3, 0.4) is 0 Å². The highest BCUT2D eigenvalue weighted by Crippen LogP contribution is 2.23. The average Bonchev–Trinajstić information content (AvgIpc) is 3.06. The molecule has 21 heavy (non-hydrogen) atoms. The van der Waals surface area contributed by atoms with Crippen LogP contribution in [0.5, 0.6) is 0 Å². The molecule has 110 valence electrons.